The molecule has 1 heterocycles. The van der Waals surface area contributed by atoms with Crippen LogP contribution in [0.3, 0.4) is 0 Å². The highest BCUT2D eigenvalue weighted by molar-refractivity contribution is 5.80. The quantitative estimate of drug-likeness (QED) is 0.582. The minimum atomic E-state index is -0.0926. The first-order valence-electron chi connectivity index (χ1n) is 4.42. The number of likely N-dealkylation sites (tertiary alicyclic amines) is 1. The molecule has 0 aromatic carbocycles. The van der Waals surface area contributed by atoms with Gasteiger partial charge in [0.25, 0.3) is 0 Å². The second-order valence-corrected chi connectivity index (χ2v) is 4.54. The van der Waals surface area contributed by atoms with Crippen molar-refractivity contribution >= 4 is 5.91 Å². The zero-order valence-electron chi connectivity index (χ0n) is 8.29. The van der Waals surface area contributed by atoms with Crippen molar-refractivity contribution in [2.45, 2.75) is 51.7 Å². The van der Waals surface area contributed by atoms with E-state index >= 15 is 0 Å². The first-order valence-corrected chi connectivity index (χ1v) is 4.42. The normalized spacial score (nSPS) is 31.4. The number of carbonyl (C=O) groups is 1. The average Bonchev–Trinajstić information content (AvgIpc) is 2.05. The van der Waals surface area contributed by atoms with Gasteiger partial charge in [0.15, 0.2) is 0 Å². The fraction of sp³-hybridized carbons (Fsp3) is 0.889. The zero-order valence-corrected chi connectivity index (χ0v) is 8.29. The molecule has 0 aromatic heterocycles. The first kappa shape index (κ1) is 9.52. The summed E-state index contributed by atoms with van der Waals surface area (Å²) in [7, 11) is 0. The van der Waals surface area contributed by atoms with Gasteiger partial charge in [-0.3, -0.25) is 4.79 Å². The van der Waals surface area contributed by atoms with Gasteiger partial charge in [-0.1, -0.05) is 0 Å². The van der Waals surface area contributed by atoms with Crippen LogP contribution in [0.15, 0.2) is 0 Å². The molecule has 0 saturated carbocycles. The molecule has 3 heteroatoms. The predicted molar refractivity (Wildman–Crippen MR) is 48.7 cm³/mol. The van der Waals surface area contributed by atoms with E-state index in [9.17, 15) is 4.79 Å². The molecular weight excluding hydrogens is 152 g/mol. The van der Waals surface area contributed by atoms with Crippen LogP contribution in [0.5, 0.6) is 0 Å². The first-order chi connectivity index (χ1) is 5.34. The third-order valence-electron chi connectivity index (χ3n) is 2.43. The van der Waals surface area contributed by atoms with Crippen molar-refractivity contribution < 1.29 is 4.79 Å². The van der Waals surface area contributed by atoms with Gasteiger partial charge in [-0.25, -0.2) is 0 Å². The van der Waals surface area contributed by atoms with E-state index in [4.69, 9.17) is 5.73 Å². The SMILES string of the molecule is CC1C(N)CC(=O)N1C(C)(C)C. The Morgan fingerprint density at radius 2 is 2.00 bits per heavy atom. The Morgan fingerprint density at radius 3 is 2.17 bits per heavy atom. The molecule has 0 radical (unpaired) electrons. The van der Waals surface area contributed by atoms with Crippen LogP contribution in [0.2, 0.25) is 0 Å². The van der Waals surface area contributed by atoms with Crippen LogP contribution in [0.1, 0.15) is 34.1 Å². The van der Waals surface area contributed by atoms with E-state index in [0.29, 0.717) is 6.42 Å². The van der Waals surface area contributed by atoms with Crippen molar-refractivity contribution in [1.29, 1.82) is 0 Å². The minimum absolute atomic E-state index is 0.0109. The fourth-order valence-corrected chi connectivity index (χ4v) is 1.87. The summed E-state index contributed by atoms with van der Waals surface area (Å²) in [4.78, 5) is 13.4. The molecule has 70 valence electrons. The Kier molecular flexibility index (Phi) is 2.17. The molecule has 0 aromatic rings. The molecule has 0 spiro atoms. The van der Waals surface area contributed by atoms with Crippen LogP contribution in [-0.4, -0.2) is 28.4 Å². The molecular formula is C9H18N2O. The van der Waals surface area contributed by atoms with Gasteiger partial charge in [0.05, 0.1) is 0 Å². The Balaban J connectivity index is 2.84. The highest BCUT2D eigenvalue weighted by atomic mass is 16.2. The number of hydrogen-bond donors (Lipinski definition) is 1. The molecule has 2 unspecified atom stereocenters. The van der Waals surface area contributed by atoms with E-state index in [0.717, 1.165) is 0 Å². The monoisotopic (exact) mass is 170 g/mol. The van der Waals surface area contributed by atoms with E-state index in [2.05, 4.69) is 0 Å². The Hall–Kier alpha value is -0.570. The summed E-state index contributed by atoms with van der Waals surface area (Å²) in [6, 6.07) is 0.189. The van der Waals surface area contributed by atoms with E-state index in [-0.39, 0.29) is 23.5 Å². The van der Waals surface area contributed by atoms with Gasteiger partial charge in [0.1, 0.15) is 0 Å². The second kappa shape index (κ2) is 2.73. The maximum atomic E-state index is 11.5. The lowest BCUT2D eigenvalue weighted by Gasteiger charge is -2.36. The summed E-state index contributed by atoms with van der Waals surface area (Å²) in [5, 5.41) is 0. The maximum absolute atomic E-state index is 11.5. The third kappa shape index (κ3) is 1.46. The summed E-state index contributed by atoms with van der Waals surface area (Å²) in [6.45, 7) is 8.14. The lowest BCUT2D eigenvalue weighted by Crippen LogP contribution is -2.48. The molecule has 1 aliphatic rings. The summed E-state index contributed by atoms with van der Waals surface area (Å²) >= 11 is 0. The topological polar surface area (TPSA) is 46.3 Å². The third-order valence-corrected chi connectivity index (χ3v) is 2.43. The standard InChI is InChI=1S/C9H18N2O/c1-6-7(10)5-8(12)11(6)9(2,3)4/h6-7H,5,10H2,1-4H3. The average molecular weight is 170 g/mol. The summed E-state index contributed by atoms with van der Waals surface area (Å²) in [5.41, 5.74) is 5.70. The van der Waals surface area contributed by atoms with Crippen molar-refractivity contribution in [3.63, 3.8) is 0 Å². The van der Waals surface area contributed by atoms with Gasteiger partial charge in [-0.15, -0.1) is 0 Å². The lowest BCUT2D eigenvalue weighted by atomic mass is 10.0. The van der Waals surface area contributed by atoms with Gasteiger partial charge in [-0.05, 0) is 27.7 Å². The number of amides is 1. The van der Waals surface area contributed by atoms with Crippen molar-refractivity contribution in [2.24, 2.45) is 5.73 Å². The lowest BCUT2D eigenvalue weighted by molar-refractivity contribution is -0.133. The van der Waals surface area contributed by atoms with Crippen LogP contribution in [-0.2, 0) is 4.79 Å². The van der Waals surface area contributed by atoms with Crippen molar-refractivity contribution in [3.8, 4) is 0 Å². The van der Waals surface area contributed by atoms with Crippen LogP contribution in [0, 0.1) is 0 Å². The molecule has 2 atom stereocenters. The van der Waals surface area contributed by atoms with Crippen molar-refractivity contribution in [2.75, 3.05) is 0 Å². The molecule has 0 bridgehead atoms. The molecule has 1 rings (SSSR count). The minimum Gasteiger partial charge on any atom is -0.334 e. The summed E-state index contributed by atoms with van der Waals surface area (Å²) in [5.74, 6) is 0.183. The molecule has 3 nitrogen and oxygen atoms in total. The second-order valence-electron chi connectivity index (χ2n) is 4.54. The Labute approximate surface area is 73.9 Å². The highest BCUT2D eigenvalue weighted by Gasteiger charge is 2.40. The van der Waals surface area contributed by atoms with Crippen LogP contribution in [0.25, 0.3) is 0 Å². The van der Waals surface area contributed by atoms with Crippen LogP contribution >= 0.6 is 0 Å². The van der Waals surface area contributed by atoms with E-state index in [1.54, 1.807) is 0 Å². The molecule has 1 fully saturated rings. The van der Waals surface area contributed by atoms with E-state index in [1.807, 2.05) is 32.6 Å². The molecule has 1 saturated heterocycles. The van der Waals surface area contributed by atoms with Crippen molar-refractivity contribution in [3.05, 3.63) is 0 Å². The number of nitrogens with zero attached hydrogens (tertiary/aromatic N) is 1. The van der Waals surface area contributed by atoms with Gasteiger partial charge >= 0.3 is 0 Å². The summed E-state index contributed by atoms with van der Waals surface area (Å²) in [6.07, 6.45) is 0.498. The van der Waals surface area contributed by atoms with Gasteiger partial charge in [0.2, 0.25) is 5.91 Å². The number of hydrogen-bond acceptors (Lipinski definition) is 2. The number of nitrogens with two attached hydrogens (primary N) is 1. The molecule has 2 N–H and O–H groups in total. The van der Waals surface area contributed by atoms with Gasteiger partial charge in [-0.2, -0.15) is 0 Å². The fourth-order valence-electron chi connectivity index (χ4n) is 1.87. The molecule has 12 heavy (non-hydrogen) atoms. The number of rotatable bonds is 0. The van der Waals surface area contributed by atoms with Crippen molar-refractivity contribution in [1.82, 2.24) is 4.90 Å². The number of carbonyl (C=O) groups excluding carboxylic acids is 1. The van der Waals surface area contributed by atoms with Crippen LogP contribution < -0.4 is 5.73 Å². The maximum Gasteiger partial charge on any atom is 0.224 e. The van der Waals surface area contributed by atoms with Gasteiger partial charge in [0, 0.05) is 24.0 Å². The molecule has 0 aliphatic carbocycles. The van der Waals surface area contributed by atoms with E-state index in [1.165, 1.54) is 0 Å². The molecule has 1 aliphatic heterocycles. The summed E-state index contributed by atoms with van der Waals surface area (Å²) < 4.78 is 0. The van der Waals surface area contributed by atoms with Crippen LogP contribution in [0.4, 0.5) is 0 Å². The molecule has 1 amide bonds. The Bertz CT molecular complexity index is 195. The predicted octanol–water partition coefficient (Wildman–Crippen LogP) is 0.733. The zero-order chi connectivity index (χ0) is 9.52. The Morgan fingerprint density at radius 1 is 1.50 bits per heavy atom. The smallest absolute Gasteiger partial charge is 0.224 e. The largest absolute Gasteiger partial charge is 0.334 e. The van der Waals surface area contributed by atoms with E-state index < -0.39 is 0 Å². The highest BCUT2D eigenvalue weighted by Crippen LogP contribution is 2.26. The van der Waals surface area contributed by atoms with Gasteiger partial charge < -0.3 is 10.6 Å².